The standard InChI is InChI=1S/C12H18N2O4S.ClH/c1-2-13-5-6-14-19(15,16)10-3-4-11-12(9-10)18-8-7-17-11;/h3-4,9,13-14H,2,5-8H2,1H3;1H. The van der Waals surface area contributed by atoms with Gasteiger partial charge in [-0.15, -0.1) is 12.4 Å². The van der Waals surface area contributed by atoms with Crippen LogP contribution in [0.4, 0.5) is 0 Å². The normalized spacial score (nSPS) is 13.7. The molecule has 0 saturated heterocycles. The predicted molar refractivity (Wildman–Crippen MR) is 78.4 cm³/mol. The maximum absolute atomic E-state index is 12.0. The van der Waals surface area contributed by atoms with E-state index in [2.05, 4.69) is 10.0 Å². The molecule has 0 amide bonds. The minimum atomic E-state index is -3.50. The molecule has 0 fully saturated rings. The number of hydrogen-bond donors (Lipinski definition) is 2. The van der Waals surface area contributed by atoms with Gasteiger partial charge in [0.25, 0.3) is 0 Å². The maximum Gasteiger partial charge on any atom is 0.240 e. The summed E-state index contributed by atoms with van der Waals surface area (Å²) in [6.07, 6.45) is 0. The fraction of sp³-hybridized carbons (Fsp3) is 0.500. The third-order valence-electron chi connectivity index (χ3n) is 2.67. The number of halogens is 1. The van der Waals surface area contributed by atoms with Crippen molar-refractivity contribution in [1.29, 1.82) is 0 Å². The molecule has 0 atom stereocenters. The topological polar surface area (TPSA) is 76.7 Å². The van der Waals surface area contributed by atoms with E-state index >= 15 is 0 Å². The van der Waals surface area contributed by atoms with Gasteiger partial charge in [-0.25, -0.2) is 13.1 Å². The first-order valence-electron chi connectivity index (χ1n) is 6.23. The van der Waals surface area contributed by atoms with Crippen LogP contribution in [-0.2, 0) is 10.0 Å². The summed E-state index contributed by atoms with van der Waals surface area (Å²) in [5, 5.41) is 3.05. The van der Waals surface area contributed by atoms with Crippen molar-refractivity contribution < 1.29 is 17.9 Å². The van der Waals surface area contributed by atoms with Crippen LogP contribution < -0.4 is 19.5 Å². The quantitative estimate of drug-likeness (QED) is 0.756. The van der Waals surface area contributed by atoms with Gasteiger partial charge in [-0.2, -0.15) is 0 Å². The highest BCUT2D eigenvalue weighted by Crippen LogP contribution is 2.31. The van der Waals surface area contributed by atoms with Crippen LogP contribution in [0, 0.1) is 0 Å². The highest BCUT2D eigenvalue weighted by molar-refractivity contribution is 7.89. The van der Waals surface area contributed by atoms with Gasteiger partial charge in [0.15, 0.2) is 11.5 Å². The Labute approximate surface area is 125 Å². The summed E-state index contributed by atoms with van der Waals surface area (Å²) in [6.45, 7) is 4.65. The first-order chi connectivity index (χ1) is 9.13. The lowest BCUT2D eigenvalue weighted by molar-refractivity contribution is 0.171. The summed E-state index contributed by atoms with van der Waals surface area (Å²) in [5.74, 6) is 1.05. The Balaban J connectivity index is 0.00000200. The Hall–Kier alpha value is -1.02. The van der Waals surface area contributed by atoms with Gasteiger partial charge in [0, 0.05) is 19.2 Å². The number of hydrogen-bond acceptors (Lipinski definition) is 5. The average Bonchev–Trinajstić information content (AvgIpc) is 2.43. The largest absolute Gasteiger partial charge is 0.486 e. The van der Waals surface area contributed by atoms with E-state index < -0.39 is 10.0 Å². The van der Waals surface area contributed by atoms with Crippen LogP contribution in [-0.4, -0.2) is 41.3 Å². The number of benzene rings is 1. The molecule has 1 aliphatic heterocycles. The van der Waals surface area contributed by atoms with E-state index in [1.54, 1.807) is 6.07 Å². The SMILES string of the molecule is CCNCCNS(=O)(=O)c1ccc2c(c1)OCCO2.Cl. The highest BCUT2D eigenvalue weighted by Gasteiger charge is 2.18. The lowest BCUT2D eigenvalue weighted by Gasteiger charge is -2.18. The molecular formula is C12H19ClN2O4S. The van der Waals surface area contributed by atoms with E-state index in [-0.39, 0.29) is 17.3 Å². The molecule has 114 valence electrons. The minimum Gasteiger partial charge on any atom is -0.486 e. The fourth-order valence-electron chi connectivity index (χ4n) is 1.72. The first kappa shape index (κ1) is 17.0. The summed E-state index contributed by atoms with van der Waals surface area (Å²) in [4.78, 5) is 0.188. The molecule has 1 heterocycles. The molecule has 0 saturated carbocycles. The van der Waals surface area contributed by atoms with E-state index in [0.717, 1.165) is 6.54 Å². The van der Waals surface area contributed by atoms with Crippen molar-refractivity contribution in [2.45, 2.75) is 11.8 Å². The predicted octanol–water partition coefficient (Wildman–Crippen LogP) is 0.767. The fourth-order valence-corrected chi connectivity index (χ4v) is 2.77. The van der Waals surface area contributed by atoms with Gasteiger partial charge < -0.3 is 14.8 Å². The Kier molecular flexibility index (Phi) is 6.54. The second-order valence-electron chi connectivity index (χ2n) is 4.06. The van der Waals surface area contributed by atoms with Crippen LogP contribution in [0.5, 0.6) is 11.5 Å². The Morgan fingerprint density at radius 3 is 2.55 bits per heavy atom. The zero-order valence-electron chi connectivity index (χ0n) is 11.2. The summed E-state index contributed by atoms with van der Waals surface area (Å²) in [7, 11) is -3.50. The Morgan fingerprint density at radius 2 is 1.85 bits per heavy atom. The molecule has 8 heteroatoms. The zero-order chi connectivity index (χ0) is 13.7. The van der Waals surface area contributed by atoms with Gasteiger partial charge in [-0.3, -0.25) is 0 Å². The molecule has 0 radical (unpaired) electrons. The van der Waals surface area contributed by atoms with Crippen LogP contribution in [0.2, 0.25) is 0 Å². The summed E-state index contributed by atoms with van der Waals surface area (Å²) in [5.41, 5.74) is 0. The van der Waals surface area contributed by atoms with Crippen molar-refractivity contribution in [2.75, 3.05) is 32.8 Å². The van der Waals surface area contributed by atoms with E-state index in [1.165, 1.54) is 12.1 Å². The third kappa shape index (κ3) is 4.24. The van der Waals surface area contributed by atoms with E-state index in [1.807, 2.05) is 6.92 Å². The van der Waals surface area contributed by atoms with E-state index in [0.29, 0.717) is 37.8 Å². The molecule has 1 aromatic rings. The zero-order valence-corrected chi connectivity index (χ0v) is 12.9. The number of fused-ring (bicyclic) bond motifs is 1. The molecule has 0 unspecified atom stereocenters. The first-order valence-corrected chi connectivity index (χ1v) is 7.72. The summed E-state index contributed by atoms with van der Waals surface area (Å²) >= 11 is 0. The van der Waals surface area contributed by atoms with Crippen LogP contribution >= 0.6 is 12.4 Å². The minimum absolute atomic E-state index is 0. The Bertz CT molecular complexity index is 536. The van der Waals surface area contributed by atoms with E-state index in [4.69, 9.17) is 9.47 Å². The van der Waals surface area contributed by atoms with Crippen LogP contribution in [0.3, 0.4) is 0 Å². The number of sulfonamides is 1. The monoisotopic (exact) mass is 322 g/mol. The maximum atomic E-state index is 12.0. The molecule has 2 N–H and O–H groups in total. The van der Waals surface area contributed by atoms with Crippen molar-refractivity contribution in [1.82, 2.24) is 10.0 Å². The molecule has 0 spiro atoms. The number of likely N-dealkylation sites (N-methyl/N-ethyl adjacent to an activating group) is 1. The van der Waals surface area contributed by atoms with Crippen molar-refractivity contribution >= 4 is 22.4 Å². The average molecular weight is 323 g/mol. The second kappa shape index (κ2) is 7.68. The van der Waals surface area contributed by atoms with Crippen molar-refractivity contribution in [3.8, 4) is 11.5 Å². The van der Waals surface area contributed by atoms with Gasteiger partial charge in [0.1, 0.15) is 13.2 Å². The van der Waals surface area contributed by atoms with Gasteiger partial charge in [-0.05, 0) is 18.7 Å². The van der Waals surface area contributed by atoms with Crippen LogP contribution in [0.1, 0.15) is 6.92 Å². The van der Waals surface area contributed by atoms with E-state index in [9.17, 15) is 8.42 Å². The van der Waals surface area contributed by atoms with Gasteiger partial charge in [0.05, 0.1) is 4.90 Å². The molecule has 0 aliphatic carbocycles. The Morgan fingerprint density at radius 1 is 1.15 bits per heavy atom. The second-order valence-corrected chi connectivity index (χ2v) is 5.82. The number of ether oxygens (including phenoxy) is 2. The molecular weight excluding hydrogens is 304 g/mol. The van der Waals surface area contributed by atoms with Gasteiger partial charge >= 0.3 is 0 Å². The van der Waals surface area contributed by atoms with Crippen LogP contribution in [0.25, 0.3) is 0 Å². The van der Waals surface area contributed by atoms with Gasteiger partial charge in [0.2, 0.25) is 10.0 Å². The van der Waals surface area contributed by atoms with Crippen LogP contribution in [0.15, 0.2) is 23.1 Å². The van der Waals surface area contributed by atoms with Crippen molar-refractivity contribution in [2.24, 2.45) is 0 Å². The smallest absolute Gasteiger partial charge is 0.240 e. The molecule has 1 aliphatic rings. The summed E-state index contributed by atoms with van der Waals surface area (Å²) in [6, 6.07) is 4.63. The van der Waals surface area contributed by atoms with Crippen molar-refractivity contribution in [3.63, 3.8) is 0 Å². The lowest BCUT2D eigenvalue weighted by atomic mass is 10.3. The molecule has 20 heavy (non-hydrogen) atoms. The molecule has 6 nitrogen and oxygen atoms in total. The third-order valence-corrected chi connectivity index (χ3v) is 4.13. The molecule has 2 rings (SSSR count). The highest BCUT2D eigenvalue weighted by atomic mass is 35.5. The van der Waals surface area contributed by atoms with Crippen molar-refractivity contribution in [3.05, 3.63) is 18.2 Å². The summed E-state index contributed by atoms with van der Waals surface area (Å²) < 4.78 is 37.3. The number of nitrogens with one attached hydrogen (secondary N) is 2. The molecule has 0 aromatic heterocycles. The molecule has 0 bridgehead atoms. The molecule has 1 aromatic carbocycles. The number of rotatable bonds is 6. The lowest BCUT2D eigenvalue weighted by Crippen LogP contribution is -2.31. The van der Waals surface area contributed by atoms with Gasteiger partial charge in [-0.1, -0.05) is 6.92 Å².